The summed E-state index contributed by atoms with van der Waals surface area (Å²) in [5.74, 6) is 0.892. The highest BCUT2D eigenvalue weighted by Gasteiger charge is 2.34. The van der Waals surface area contributed by atoms with Crippen LogP contribution in [0.3, 0.4) is 0 Å². The van der Waals surface area contributed by atoms with Gasteiger partial charge in [0.15, 0.2) is 0 Å². The van der Waals surface area contributed by atoms with E-state index in [0.717, 1.165) is 47.5 Å². The summed E-state index contributed by atoms with van der Waals surface area (Å²) in [5.41, 5.74) is 4.94. The molecular formula is C20H20N2O3. The Kier molecular flexibility index (Phi) is 3.92. The minimum Gasteiger partial charge on any atom is -0.497 e. The summed E-state index contributed by atoms with van der Waals surface area (Å²) < 4.78 is 5.14. The maximum atomic E-state index is 12.5. The molecule has 5 nitrogen and oxygen atoms in total. The zero-order valence-corrected chi connectivity index (χ0v) is 14.2. The van der Waals surface area contributed by atoms with E-state index in [1.54, 1.807) is 7.11 Å². The van der Waals surface area contributed by atoms with Crippen LogP contribution in [0.25, 0.3) is 0 Å². The molecule has 2 aromatic rings. The number of carbonyl (C=O) groups excluding carboxylic acids is 2. The van der Waals surface area contributed by atoms with Gasteiger partial charge in [0.05, 0.1) is 19.2 Å². The van der Waals surface area contributed by atoms with E-state index in [2.05, 4.69) is 5.32 Å². The molecule has 0 saturated carbocycles. The van der Waals surface area contributed by atoms with Crippen molar-refractivity contribution in [2.45, 2.75) is 19.3 Å². The number of carbonyl (C=O) groups is 2. The van der Waals surface area contributed by atoms with Crippen molar-refractivity contribution in [1.82, 2.24) is 5.32 Å². The zero-order valence-electron chi connectivity index (χ0n) is 14.2. The fraction of sp³-hybridized carbons (Fsp3) is 0.300. The van der Waals surface area contributed by atoms with Gasteiger partial charge in [-0.05, 0) is 53.8 Å². The Morgan fingerprint density at radius 2 is 1.96 bits per heavy atom. The summed E-state index contributed by atoms with van der Waals surface area (Å²) in [7, 11) is 1.64. The molecular weight excluding hydrogens is 316 g/mol. The third-order valence-corrected chi connectivity index (χ3v) is 4.91. The van der Waals surface area contributed by atoms with Crippen molar-refractivity contribution in [3.05, 3.63) is 58.7 Å². The standard InChI is InChI=1S/C20H20N2O3/c1-25-17-4-2-13(3-5-17)6-8-21-20(24)16-10-14-7-9-22-18(23)12-15(11-16)19(14)22/h2-5,10-11H,6-9,12H2,1H3,(H,21,24). The molecule has 2 amide bonds. The lowest BCUT2D eigenvalue weighted by molar-refractivity contribution is -0.117. The molecule has 0 radical (unpaired) electrons. The Morgan fingerprint density at radius 3 is 2.72 bits per heavy atom. The Labute approximate surface area is 146 Å². The minimum atomic E-state index is -0.0784. The smallest absolute Gasteiger partial charge is 0.251 e. The third kappa shape index (κ3) is 2.86. The monoisotopic (exact) mass is 336 g/mol. The predicted molar refractivity (Wildman–Crippen MR) is 95.2 cm³/mol. The number of nitrogens with one attached hydrogen (secondary N) is 1. The van der Waals surface area contributed by atoms with Crippen LogP contribution >= 0.6 is 0 Å². The van der Waals surface area contributed by atoms with Gasteiger partial charge in [-0.25, -0.2) is 0 Å². The molecule has 2 aliphatic rings. The number of hydrogen-bond donors (Lipinski definition) is 1. The highest BCUT2D eigenvalue weighted by Crippen LogP contribution is 2.38. The predicted octanol–water partition coefficient (Wildman–Crippen LogP) is 2.11. The number of anilines is 1. The second kappa shape index (κ2) is 6.24. The van der Waals surface area contributed by atoms with E-state index in [0.29, 0.717) is 18.5 Å². The number of rotatable bonds is 5. The van der Waals surface area contributed by atoms with Crippen molar-refractivity contribution in [3.8, 4) is 5.75 Å². The van der Waals surface area contributed by atoms with Crippen molar-refractivity contribution in [2.75, 3.05) is 25.1 Å². The van der Waals surface area contributed by atoms with Gasteiger partial charge in [-0.1, -0.05) is 12.1 Å². The molecule has 2 aliphatic heterocycles. The van der Waals surface area contributed by atoms with Gasteiger partial charge in [-0.3, -0.25) is 9.59 Å². The zero-order chi connectivity index (χ0) is 17.4. The number of ether oxygens (including phenoxy) is 1. The Hall–Kier alpha value is -2.82. The molecule has 128 valence electrons. The van der Waals surface area contributed by atoms with E-state index in [4.69, 9.17) is 4.74 Å². The molecule has 25 heavy (non-hydrogen) atoms. The normalized spacial score (nSPS) is 14.6. The van der Waals surface area contributed by atoms with E-state index in [-0.39, 0.29) is 11.8 Å². The molecule has 0 unspecified atom stereocenters. The number of benzene rings is 2. The Balaban J connectivity index is 1.40. The van der Waals surface area contributed by atoms with Crippen LogP contribution in [0.15, 0.2) is 36.4 Å². The van der Waals surface area contributed by atoms with E-state index >= 15 is 0 Å². The second-order valence-electron chi connectivity index (χ2n) is 6.47. The Bertz CT molecular complexity index is 843. The van der Waals surface area contributed by atoms with E-state index in [1.165, 1.54) is 0 Å². The summed E-state index contributed by atoms with van der Waals surface area (Å²) >= 11 is 0. The summed E-state index contributed by atoms with van der Waals surface area (Å²) in [6, 6.07) is 11.6. The minimum absolute atomic E-state index is 0.0784. The molecule has 0 atom stereocenters. The first-order valence-corrected chi connectivity index (χ1v) is 8.53. The highest BCUT2D eigenvalue weighted by molar-refractivity contribution is 6.05. The van der Waals surface area contributed by atoms with Crippen LogP contribution in [-0.4, -0.2) is 32.0 Å². The van der Waals surface area contributed by atoms with Gasteiger partial charge in [-0.15, -0.1) is 0 Å². The average molecular weight is 336 g/mol. The molecule has 5 heteroatoms. The van der Waals surface area contributed by atoms with Gasteiger partial charge in [0, 0.05) is 18.7 Å². The van der Waals surface area contributed by atoms with Crippen LogP contribution in [0.1, 0.15) is 27.0 Å². The van der Waals surface area contributed by atoms with Crippen molar-refractivity contribution in [2.24, 2.45) is 0 Å². The lowest BCUT2D eigenvalue weighted by atomic mass is 10.0. The molecule has 0 saturated heterocycles. The maximum Gasteiger partial charge on any atom is 0.251 e. The second-order valence-corrected chi connectivity index (χ2v) is 6.47. The van der Waals surface area contributed by atoms with Crippen LogP contribution in [-0.2, 0) is 24.1 Å². The number of methoxy groups -OCH3 is 1. The van der Waals surface area contributed by atoms with Gasteiger partial charge >= 0.3 is 0 Å². The SMILES string of the molecule is COc1ccc(CCNC(=O)c2cc3c4c(c2)CC(=O)N4CC3)cc1. The first-order valence-electron chi connectivity index (χ1n) is 8.53. The van der Waals surface area contributed by atoms with Crippen molar-refractivity contribution in [3.63, 3.8) is 0 Å². The van der Waals surface area contributed by atoms with Crippen LogP contribution < -0.4 is 15.0 Å². The maximum absolute atomic E-state index is 12.5. The fourth-order valence-electron chi connectivity index (χ4n) is 3.63. The van der Waals surface area contributed by atoms with Crippen molar-refractivity contribution >= 4 is 17.5 Å². The summed E-state index contributed by atoms with van der Waals surface area (Å²) in [6.07, 6.45) is 2.01. The molecule has 0 bridgehead atoms. The third-order valence-electron chi connectivity index (χ3n) is 4.91. The molecule has 0 aliphatic carbocycles. The molecule has 0 fully saturated rings. The lowest BCUT2D eigenvalue weighted by Crippen LogP contribution is -2.26. The quantitative estimate of drug-likeness (QED) is 0.910. The molecule has 1 N–H and O–H groups in total. The first-order chi connectivity index (χ1) is 12.2. The fourth-order valence-corrected chi connectivity index (χ4v) is 3.63. The number of amides is 2. The van der Waals surface area contributed by atoms with Crippen molar-refractivity contribution in [1.29, 1.82) is 0 Å². The highest BCUT2D eigenvalue weighted by atomic mass is 16.5. The van der Waals surface area contributed by atoms with E-state index < -0.39 is 0 Å². The van der Waals surface area contributed by atoms with Gasteiger partial charge < -0.3 is 15.0 Å². The lowest BCUT2D eigenvalue weighted by Gasteiger charge is -2.10. The van der Waals surface area contributed by atoms with Crippen LogP contribution in [0.2, 0.25) is 0 Å². The van der Waals surface area contributed by atoms with Crippen LogP contribution in [0.4, 0.5) is 5.69 Å². The molecule has 4 rings (SSSR count). The average Bonchev–Trinajstić information content (AvgIpc) is 3.20. The topological polar surface area (TPSA) is 58.6 Å². The van der Waals surface area contributed by atoms with E-state index in [9.17, 15) is 9.59 Å². The van der Waals surface area contributed by atoms with Crippen LogP contribution in [0, 0.1) is 0 Å². The van der Waals surface area contributed by atoms with Gasteiger partial charge in [0.1, 0.15) is 5.75 Å². The summed E-state index contributed by atoms with van der Waals surface area (Å²) in [6.45, 7) is 1.31. The van der Waals surface area contributed by atoms with Gasteiger partial charge in [-0.2, -0.15) is 0 Å². The molecule has 0 spiro atoms. The summed E-state index contributed by atoms with van der Waals surface area (Å²) in [4.78, 5) is 26.3. The van der Waals surface area contributed by atoms with E-state index in [1.807, 2.05) is 41.3 Å². The number of hydrogen-bond acceptors (Lipinski definition) is 3. The Morgan fingerprint density at radius 1 is 1.20 bits per heavy atom. The summed E-state index contributed by atoms with van der Waals surface area (Å²) in [5, 5.41) is 2.97. The van der Waals surface area contributed by atoms with Gasteiger partial charge in [0.2, 0.25) is 5.91 Å². The number of nitrogens with zero attached hydrogens (tertiary/aromatic N) is 1. The first kappa shape index (κ1) is 15.7. The molecule has 0 aromatic heterocycles. The van der Waals surface area contributed by atoms with Crippen molar-refractivity contribution < 1.29 is 14.3 Å². The van der Waals surface area contributed by atoms with Gasteiger partial charge in [0.25, 0.3) is 5.91 Å². The largest absolute Gasteiger partial charge is 0.497 e. The molecule has 2 aromatic carbocycles. The molecule has 2 heterocycles. The van der Waals surface area contributed by atoms with Crippen LogP contribution in [0.5, 0.6) is 5.75 Å².